The summed E-state index contributed by atoms with van der Waals surface area (Å²) >= 11 is 5.55. The first-order valence-electron chi connectivity index (χ1n) is 3.42. The Hall–Kier alpha value is -0.670. The molecular formula is C8H8ClF2N. The molecule has 0 aliphatic rings. The fraction of sp³-hybridized carbons (Fsp3) is 0.250. The number of hydrogen-bond donors (Lipinski definition) is 1. The predicted octanol–water partition coefficient (Wildman–Crippen LogP) is 2.45. The molecule has 0 saturated heterocycles. The largest absolute Gasteiger partial charge is 0.322 e. The molecule has 1 nitrogen and oxygen atoms in total. The van der Waals surface area contributed by atoms with Crippen LogP contribution in [-0.2, 0) is 0 Å². The highest BCUT2D eigenvalue weighted by molar-refractivity contribution is 6.31. The lowest BCUT2D eigenvalue weighted by Crippen LogP contribution is -2.12. The second kappa shape index (κ2) is 3.83. The van der Waals surface area contributed by atoms with E-state index in [2.05, 4.69) is 0 Å². The molecule has 0 radical (unpaired) electrons. The number of halogens is 3. The highest BCUT2D eigenvalue weighted by Crippen LogP contribution is 2.24. The fourth-order valence-electron chi connectivity index (χ4n) is 0.890. The van der Waals surface area contributed by atoms with Crippen LogP contribution in [0.2, 0.25) is 5.02 Å². The van der Waals surface area contributed by atoms with Crippen LogP contribution in [0.15, 0.2) is 18.2 Å². The lowest BCUT2D eigenvalue weighted by molar-refractivity contribution is 0.436. The van der Waals surface area contributed by atoms with Gasteiger partial charge in [0, 0.05) is 0 Å². The molecule has 0 aromatic heterocycles. The van der Waals surface area contributed by atoms with Gasteiger partial charge in [-0.25, -0.2) is 8.78 Å². The minimum absolute atomic E-state index is 0.0948. The van der Waals surface area contributed by atoms with Crippen LogP contribution in [-0.4, -0.2) is 6.67 Å². The van der Waals surface area contributed by atoms with Crippen molar-refractivity contribution in [1.29, 1.82) is 0 Å². The Morgan fingerprint density at radius 2 is 2.17 bits per heavy atom. The zero-order valence-corrected chi connectivity index (χ0v) is 6.98. The van der Waals surface area contributed by atoms with Crippen LogP contribution in [0.4, 0.5) is 8.78 Å². The first kappa shape index (κ1) is 9.42. The van der Waals surface area contributed by atoms with Crippen molar-refractivity contribution in [3.63, 3.8) is 0 Å². The van der Waals surface area contributed by atoms with E-state index in [0.29, 0.717) is 5.56 Å². The molecule has 1 aromatic rings. The van der Waals surface area contributed by atoms with E-state index in [9.17, 15) is 8.78 Å². The maximum atomic E-state index is 12.8. The summed E-state index contributed by atoms with van der Waals surface area (Å²) in [5.41, 5.74) is 5.64. The average Bonchev–Trinajstić information content (AvgIpc) is 2.08. The van der Waals surface area contributed by atoms with Crippen LogP contribution in [0.5, 0.6) is 0 Å². The van der Waals surface area contributed by atoms with Gasteiger partial charge in [0.25, 0.3) is 0 Å². The minimum Gasteiger partial charge on any atom is -0.322 e. The minimum atomic E-state index is -0.840. The van der Waals surface area contributed by atoms with Gasteiger partial charge in [0.15, 0.2) is 0 Å². The molecule has 1 atom stereocenters. The van der Waals surface area contributed by atoms with Crippen LogP contribution in [0.1, 0.15) is 11.6 Å². The van der Waals surface area contributed by atoms with E-state index in [0.717, 1.165) is 0 Å². The third kappa shape index (κ3) is 1.73. The molecule has 12 heavy (non-hydrogen) atoms. The molecule has 0 bridgehead atoms. The fourth-order valence-corrected chi connectivity index (χ4v) is 1.16. The Morgan fingerprint density at radius 1 is 1.50 bits per heavy atom. The Balaban J connectivity index is 3.07. The molecule has 0 aliphatic carbocycles. The van der Waals surface area contributed by atoms with Crippen molar-refractivity contribution in [2.24, 2.45) is 5.73 Å². The number of rotatable bonds is 2. The molecule has 4 heteroatoms. The second-order valence-corrected chi connectivity index (χ2v) is 2.78. The summed E-state index contributed by atoms with van der Waals surface area (Å²) in [5, 5.41) is -0.0948. The van der Waals surface area contributed by atoms with E-state index < -0.39 is 18.5 Å². The Kier molecular flexibility index (Phi) is 3.00. The smallest absolute Gasteiger partial charge is 0.142 e. The van der Waals surface area contributed by atoms with E-state index in [1.54, 1.807) is 0 Å². The first-order valence-corrected chi connectivity index (χ1v) is 3.80. The van der Waals surface area contributed by atoms with E-state index in [-0.39, 0.29) is 5.02 Å². The van der Waals surface area contributed by atoms with E-state index in [4.69, 9.17) is 17.3 Å². The van der Waals surface area contributed by atoms with E-state index in [1.165, 1.54) is 18.2 Å². The topological polar surface area (TPSA) is 26.0 Å². The van der Waals surface area contributed by atoms with Gasteiger partial charge < -0.3 is 5.73 Å². The number of nitrogens with two attached hydrogens (primary N) is 1. The lowest BCUT2D eigenvalue weighted by atomic mass is 10.1. The van der Waals surface area contributed by atoms with Crippen molar-refractivity contribution in [3.05, 3.63) is 34.6 Å². The summed E-state index contributed by atoms with van der Waals surface area (Å²) in [6.07, 6.45) is 0. The van der Waals surface area contributed by atoms with Crippen molar-refractivity contribution in [2.45, 2.75) is 6.04 Å². The number of alkyl halides is 1. The second-order valence-electron chi connectivity index (χ2n) is 2.40. The molecule has 66 valence electrons. The molecular weight excluding hydrogens is 184 g/mol. The summed E-state index contributed by atoms with van der Waals surface area (Å²) in [5.74, 6) is -0.571. The molecule has 0 unspecified atom stereocenters. The molecule has 0 heterocycles. The SMILES string of the molecule is N[C@H](CF)c1cccc(F)c1Cl. The molecule has 2 N–H and O–H groups in total. The van der Waals surface area contributed by atoms with Crippen LogP contribution < -0.4 is 5.73 Å². The van der Waals surface area contributed by atoms with Gasteiger partial charge in [-0.3, -0.25) is 0 Å². The van der Waals surface area contributed by atoms with Crippen molar-refractivity contribution in [3.8, 4) is 0 Å². The van der Waals surface area contributed by atoms with Gasteiger partial charge in [0.05, 0.1) is 11.1 Å². The normalized spacial score (nSPS) is 13.0. The van der Waals surface area contributed by atoms with Crippen molar-refractivity contribution in [1.82, 2.24) is 0 Å². The Morgan fingerprint density at radius 3 is 2.75 bits per heavy atom. The zero-order valence-electron chi connectivity index (χ0n) is 6.23. The third-order valence-corrected chi connectivity index (χ3v) is 1.95. The number of benzene rings is 1. The third-order valence-electron chi connectivity index (χ3n) is 1.55. The quantitative estimate of drug-likeness (QED) is 0.764. The highest BCUT2D eigenvalue weighted by atomic mass is 35.5. The van der Waals surface area contributed by atoms with Crippen LogP contribution in [0.3, 0.4) is 0 Å². The predicted molar refractivity (Wildman–Crippen MR) is 44.3 cm³/mol. The Labute approximate surface area is 74.1 Å². The molecule has 1 rings (SSSR count). The molecule has 0 saturated carbocycles. The zero-order chi connectivity index (χ0) is 9.14. The summed E-state index contributed by atoms with van der Waals surface area (Å²) in [6.45, 7) is -0.747. The van der Waals surface area contributed by atoms with Gasteiger partial charge in [-0.05, 0) is 11.6 Å². The molecule has 0 aliphatic heterocycles. The summed E-state index contributed by atoms with van der Waals surface area (Å²) in [6, 6.07) is 3.33. The van der Waals surface area contributed by atoms with Gasteiger partial charge in [-0.1, -0.05) is 23.7 Å². The molecule has 1 aromatic carbocycles. The maximum absolute atomic E-state index is 12.8. The summed E-state index contributed by atoms with van der Waals surface area (Å²) in [7, 11) is 0. The van der Waals surface area contributed by atoms with Gasteiger partial charge in [0.1, 0.15) is 12.5 Å². The number of hydrogen-bond acceptors (Lipinski definition) is 1. The maximum Gasteiger partial charge on any atom is 0.142 e. The van der Waals surface area contributed by atoms with Crippen molar-refractivity contribution >= 4 is 11.6 Å². The van der Waals surface area contributed by atoms with E-state index in [1.807, 2.05) is 0 Å². The standard InChI is InChI=1S/C8H8ClF2N/c9-8-5(7(12)4-10)2-1-3-6(8)11/h1-3,7H,4,12H2/t7-/m1/s1. The van der Waals surface area contributed by atoms with Gasteiger partial charge >= 0.3 is 0 Å². The average molecular weight is 192 g/mol. The summed E-state index contributed by atoms with van der Waals surface area (Å²) < 4.78 is 24.8. The Bertz CT molecular complexity index is 278. The van der Waals surface area contributed by atoms with Gasteiger partial charge in [-0.15, -0.1) is 0 Å². The highest BCUT2D eigenvalue weighted by Gasteiger charge is 2.11. The van der Waals surface area contributed by atoms with Crippen molar-refractivity contribution < 1.29 is 8.78 Å². The summed E-state index contributed by atoms with van der Waals surface area (Å²) in [4.78, 5) is 0. The molecule has 0 amide bonds. The van der Waals surface area contributed by atoms with Crippen LogP contribution >= 0.6 is 11.6 Å². The van der Waals surface area contributed by atoms with Crippen molar-refractivity contribution in [2.75, 3.05) is 6.67 Å². The lowest BCUT2D eigenvalue weighted by Gasteiger charge is -2.09. The molecule has 0 spiro atoms. The monoisotopic (exact) mass is 191 g/mol. The van der Waals surface area contributed by atoms with Crippen LogP contribution in [0.25, 0.3) is 0 Å². The van der Waals surface area contributed by atoms with Gasteiger partial charge in [0.2, 0.25) is 0 Å². The van der Waals surface area contributed by atoms with Crippen LogP contribution in [0, 0.1) is 5.82 Å². The van der Waals surface area contributed by atoms with Gasteiger partial charge in [-0.2, -0.15) is 0 Å². The van der Waals surface area contributed by atoms with E-state index >= 15 is 0 Å². The first-order chi connectivity index (χ1) is 5.66. The molecule has 0 fully saturated rings.